The van der Waals surface area contributed by atoms with Gasteiger partial charge in [-0.15, -0.1) is 0 Å². The highest BCUT2D eigenvalue weighted by Crippen LogP contribution is 2.08. The summed E-state index contributed by atoms with van der Waals surface area (Å²) in [5.74, 6) is -0.00495. The van der Waals surface area contributed by atoms with E-state index >= 15 is 0 Å². The summed E-state index contributed by atoms with van der Waals surface area (Å²) in [7, 11) is 0. The van der Waals surface area contributed by atoms with E-state index in [0.717, 1.165) is 0 Å². The summed E-state index contributed by atoms with van der Waals surface area (Å²) >= 11 is 0. The highest BCUT2D eigenvalue weighted by molar-refractivity contribution is 5.95. The molecule has 1 aromatic carbocycles. The molecule has 2 nitrogen and oxygen atoms in total. The van der Waals surface area contributed by atoms with E-state index in [0.29, 0.717) is 11.1 Å². The largest absolute Gasteiger partial charge is 0.392 e. The Hall–Kier alpha value is -1.15. The molecular weight excluding hydrogens is 164 g/mol. The zero-order valence-electron chi connectivity index (χ0n) is 8.37. The van der Waals surface area contributed by atoms with Gasteiger partial charge in [0.15, 0.2) is 5.78 Å². The zero-order valence-corrected chi connectivity index (χ0v) is 8.37. The molecule has 13 heavy (non-hydrogen) atoms. The number of aliphatic hydroxyl groups is 1. The molecule has 0 saturated carbocycles. The Morgan fingerprint density at radius 2 is 1.85 bits per heavy atom. The van der Waals surface area contributed by atoms with Crippen molar-refractivity contribution in [2.45, 2.75) is 27.4 Å². The van der Waals surface area contributed by atoms with Crippen molar-refractivity contribution in [2.24, 2.45) is 0 Å². The fourth-order valence-electron chi connectivity index (χ4n) is 1.00. The molecule has 2 heteroatoms. The van der Waals surface area contributed by atoms with Gasteiger partial charge in [-0.2, -0.15) is 0 Å². The molecule has 0 fully saturated rings. The molecule has 0 aliphatic rings. The molecule has 1 N–H and O–H groups in total. The summed E-state index contributed by atoms with van der Waals surface area (Å²) in [4.78, 5) is 10.9. The van der Waals surface area contributed by atoms with Crippen molar-refractivity contribution >= 4 is 5.78 Å². The Kier molecular flexibility index (Phi) is 5.81. The van der Waals surface area contributed by atoms with Crippen molar-refractivity contribution < 1.29 is 9.90 Å². The van der Waals surface area contributed by atoms with Crippen LogP contribution in [-0.4, -0.2) is 10.9 Å². The van der Waals surface area contributed by atoms with E-state index in [-0.39, 0.29) is 12.4 Å². The highest BCUT2D eigenvalue weighted by Gasteiger charge is 2.03. The molecule has 0 aromatic heterocycles. The van der Waals surface area contributed by atoms with Crippen LogP contribution in [0.4, 0.5) is 0 Å². The number of aliphatic hydroxyl groups excluding tert-OH is 1. The highest BCUT2D eigenvalue weighted by atomic mass is 16.3. The number of carbonyl (C=O) groups is 1. The van der Waals surface area contributed by atoms with Gasteiger partial charge in [-0.1, -0.05) is 38.1 Å². The Morgan fingerprint density at radius 1 is 1.31 bits per heavy atom. The summed E-state index contributed by atoms with van der Waals surface area (Å²) < 4.78 is 0. The normalized spacial score (nSPS) is 8.62. The fraction of sp³-hybridized carbons (Fsp3) is 0.364. The Labute approximate surface area is 79.2 Å². The first-order valence-electron chi connectivity index (χ1n) is 4.45. The number of hydrogen-bond donors (Lipinski definition) is 1. The maximum absolute atomic E-state index is 10.9. The van der Waals surface area contributed by atoms with Crippen LogP contribution in [-0.2, 0) is 6.61 Å². The predicted octanol–water partition coefficient (Wildman–Crippen LogP) is 2.41. The van der Waals surface area contributed by atoms with E-state index in [1.165, 1.54) is 6.92 Å². The van der Waals surface area contributed by atoms with E-state index in [1.54, 1.807) is 24.3 Å². The van der Waals surface area contributed by atoms with E-state index in [4.69, 9.17) is 5.11 Å². The van der Waals surface area contributed by atoms with Crippen molar-refractivity contribution in [3.8, 4) is 0 Å². The number of rotatable bonds is 2. The van der Waals surface area contributed by atoms with E-state index in [2.05, 4.69) is 0 Å². The van der Waals surface area contributed by atoms with Crippen molar-refractivity contribution in [1.82, 2.24) is 0 Å². The number of carbonyl (C=O) groups excluding carboxylic acids is 1. The van der Waals surface area contributed by atoms with Gasteiger partial charge >= 0.3 is 0 Å². The lowest BCUT2D eigenvalue weighted by atomic mass is 10.1. The zero-order chi connectivity index (χ0) is 10.3. The minimum Gasteiger partial charge on any atom is -0.392 e. The lowest BCUT2D eigenvalue weighted by molar-refractivity contribution is 0.101. The average molecular weight is 180 g/mol. The monoisotopic (exact) mass is 180 g/mol. The van der Waals surface area contributed by atoms with Gasteiger partial charge in [0, 0.05) is 5.56 Å². The van der Waals surface area contributed by atoms with E-state index in [9.17, 15) is 4.79 Å². The number of ketones is 1. The predicted molar refractivity (Wildman–Crippen MR) is 53.7 cm³/mol. The van der Waals surface area contributed by atoms with Crippen molar-refractivity contribution in [3.05, 3.63) is 35.4 Å². The van der Waals surface area contributed by atoms with Gasteiger partial charge in [-0.3, -0.25) is 4.79 Å². The SMILES string of the molecule is CC.CC(=O)c1ccccc1CO. The first-order chi connectivity index (χ1) is 6.25. The number of Topliss-reactive ketones (excluding diaryl/α,β-unsaturated/α-hetero) is 1. The minimum absolute atomic E-state index is 0.00495. The van der Waals surface area contributed by atoms with Crippen LogP contribution in [0.15, 0.2) is 24.3 Å². The van der Waals surface area contributed by atoms with Crippen LogP contribution in [0, 0.1) is 0 Å². The van der Waals surface area contributed by atoms with Crippen LogP contribution >= 0.6 is 0 Å². The van der Waals surface area contributed by atoms with Crippen molar-refractivity contribution in [2.75, 3.05) is 0 Å². The molecule has 0 radical (unpaired) electrons. The standard InChI is InChI=1S/C9H10O2.C2H6/c1-7(11)9-5-3-2-4-8(9)6-10;1-2/h2-5,10H,6H2,1H3;1-2H3. The molecule has 0 spiro atoms. The quantitative estimate of drug-likeness (QED) is 0.709. The van der Waals surface area contributed by atoms with Crippen LogP contribution in [0.2, 0.25) is 0 Å². The maximum Gasteiger partial charge on any atom is 0.160 e. The third-order valence-corrected chi connectivity index (χ3v) is 1.57. The molecule has 0 bridgehead atoms. The van der Waals surface area contributed by atoms with Gasteiger partial charge in [-0.25, -0.2) is 0 Å². The summed E-state index contributed by atoms with van der Waals surface area (Å²) in [6.45, 7) is 5.42. The molecular formula is C11H16O2. The van der Waals surface area contributed by atoms with E-state index < -0.39 is 0 Å². The smallest absolute Gasteiger partial charge is 0.160 e. The van der Waals surface area contributed by atoms with Crippen molar-refractivity contribution in [3.63, 3.8) is 0 Å². The maximum atomic E-state index is 10.9. The Bertz CT molecular complexity index is 267. The molecule has 0 heterocycles. The van der Waals surface area contributed by atoms with Crippen LogP contribution in [0.25, 0.3) is 0 Å². The van der Waals surface area contributed by atoms with Crippen LogP contribution in [0.5, 0.6) is 0 Å². The second kappa shape index (κ2) is 6.38. The van der Waals surface area contributed by atoms with Gasteiger partial charge in [-0.05, 0) is 12.5 Å². The molecule has 0 saturated heterocycles. The molecule has 0 atom stereocenters. The molecule has 72 valence electrons. The summed E-state index contributed by atoms with van der Waals surface area (Å²) in [6.07, 6.45) is 0. The third-order valence-electron chi connectivity index (χ3n) is 1.57. The van der Waals surface area contributed by atoms with Gasteiger partial charge < -0.3 is 5.11 Å². The molecule has 0 amide bonds. The van der Waals surface area contributed by atoms with Gasteiger partial charge in [0.25, 0.3) is 0 Å². The number of benzene rings is 1. The Morgan fingerprint density at radius 3 is 2.23 bits per heavy atom. The van der Waals surface area contributed by atoms with Crippen LogP contribution in [0.3, 0.4) is 0 Å². The Balaban J connectivity index is 0.000000671. The minimum atomic E-state index is -0.0737. The van der Waals surface area contributed by atoms with Crippen molar-refractivity contribution in [1.29, 1.82) is 0 Å². The molecule has 0 unspecified atom stereocenters. The fourth-order valence-corrected chi connectivity index (χ4v) is 1.00. The second-order valence-corrected chi connectivity index (χ2v) is 2.37. The summed E-state index contributed by atoms with van der Waals surface area (Å²) in [6, 6.07) is 7.05. The van der Waals surface area contributed by atoms with Gasteiger partial charge in [0.2, 0.25) is 0 Å². The van der Waals surface area contributed by atoms with Gasteiger partial charge in [0.1, 0.15) is 0 Å². The number of hydrogen-bond acceptors (Lipinski definition) is 2. The third kappa shape index (κ3) is 3.38. The average Bonchev–Trinajstić information content (AvgIpc) is 2.20. The first kappa shape index (κ1) is 11.8. The first-order valence-corrected chi connectivity index (χ1v) is 4.45. The molecule has 0 aliphatic heterocycles. The summed E-state index contributed by atoms with van der Waals surface area (Å²) in [5.41, 5.74) is 1.30. The molecule has 1 aromatic rings. The van der Waals surface area contributed by atoms with E-state index in [1.807, 2.05) is 13.8 Å². The topological polar surface area (TPSA) is 37.3 Å². The lowest BCUT2D eigenvalue weighted by Gasteiger charge is -2.01. The lowest BCUT2D eigenvalue weighted by Crippen LogP contribution is -1.98. The van der Waals surface area contributed by atoms with Crippen LogP contribution in [0.1, 0.15) is 36.7 Å². The molecule has 1 rings (SSSR count). The van der Waals surface area contributed by atoms with Gasteiger partial charge in [0.05, 0.1) is 6.61 Å². The summed E-state index contributed by atoms with van der Waals surface area (Å²) in [5, 5.41) is 8.82. The second-order valence-electron chi connectivity index (χ2n) is 2.37. The van der Waals surface area contributed by atoms with Crippen LogP contribution < -0.4 is 0 Å². The molecule has 0 aliphatic carbocycles.